The second-order valence-corrected chi connectivity index (χ2v) is 6.36. The number of carbonyl (C=O) groups excluding carboxylic acids is 1. The van der Waals surface area contributed by atoms with Crippen LogP contribution in [-0.2, 0) is 0 Å². The molecule has 1 heterocycles. The lowest BCUT2D eigenvalue weighted by molar-refractivity contribution is 0.0629. The molecule has 1 aromatic carbocycles. The van der Waals surface area contributed by atoms with Crippen molar-refractivity contribution >= 4 is 21.8 Å². The minimum Gasteiger partial charge on any atom is -0.336 e. The molecule has 20 heavy (non-hydrogen) atoms. The highest BCUT2D eigenvalue weighted by Gasteiger charge is 2.21. The topological polar surface area (TPSA) is 26.8 Å². The standard InChI is InChI=1S/C15H22BrN3O/c1-17(2)7-8-18-9-11-19(12-10-18)15(20)13-3-5-14(16)6-4-13/h3-6H,7-12H2,1-2H3. The van der Waals surface area contributed by atoms with Crippen molar-refractivity contribution in [2.45, 2.75) is 0 Å². The van der Waals surface area contributed by atoms with Crippen LogP contribution in [0, 0.1) is 0 Å². The maximum Gasteiger partial charge on any atom is 0.253 e. The van der Waals surface area contributed by atoms with E-state index in [9.17, 15) is 4.79 Å². The molecule has 0 aromatic heterocycles. The lowest BCUT2D eigenvalue weighted by Crippen LogP contribution is -2.49. The van der Waals surface area contributed by atoms with Crippen LogP contribution in [0.4, 0.5) is 0 Å². The molecule has 0 bridgehead atoms. The van der Waals surface area contributed by atoms with Gasteiger partial charge in [0.25, 0.3) is 5.91 Å². The van der Waals surface area contributed by atoms with Crippen LogP contribution in [0.5, 0.6) is 0 Å². The van der Waals surface area contributed by atoms with Gasteiger partial charge in [-0.25, -0.2) is 0 Å². The van der Waals surface area contributed by atoms with Crippen molar-refractivity contribution in [3.63, 3.8) is 0 Å². The summed E-state index contributed by atoms with van der Waals surface area (Å²) < 4.78 is 1.00. The van der Waals surface area contributed by atoms with Gasteiger partial charge < -0.3 is 9.80 Å². The SMILES string of the molecule is CN(C)CCN1CCN(C(=O)c2ccc(Br)cc2)CC1. The Morgan fingerprint density at radius 2 is 1.75 bits per heavy atom. The Labute approximate surface area is 129 Å². The lowest BCUT2D eigenvalue weighted by Gasteiger charge is -2.35. The first kappa shape index (κ1) is 15.5. The van der Waals surface area contributed by atoms with Crippen LogP contribution in [0.3, 0.4) is 0 Å². The Kier molecular flexibility index (Phi) is 5.57. The summed E-state index contributed by atoms with van der Waals surface area (Å²) in [6, 6.07) is 7.59. The van der Waals surface area contributed by atoms with Gasteiger partial charge in [-0.1, -0.05) is 15.9 Å². The van der Waals surface area contributed by atoms with Gasteiger partial charge in [0.2, 0.25) is 0 Å². The molecule has 1 aliphatic rings. The molecular weight excluding hydrogens is 318 g/mol. The molecule has 4 nitrogen and oxygen atoms in total. The smallest absolute Gasteiger partial charge is 0.253 e. The number of hydrogen-bond donors (Lipinski definition) is 0. The average Bonchev–Trinajstić information content (AvgIpc) is 2.46. The van der Waals surface area contributed by atoms with Crippen molar-refractivity contribution < 1.29 is 4.79 Å². The summed E-state index contributed by atoms with van der Waals surface area (Å²) in [6.45, 7) is 5.73. The number of nitrogens with zero attached hydrogens (tertiary/aromatic N) is 3. The molecule has 0 aliphatic carbocycles. The van der Waals surface area contributed by atoms with Gasteiger partial charge in [-0.15, -0.1) is 0 Å². The third kappa shape index (κ3) is 4.30. The highest BCUT2D eigenvalue weighted by atomic mass is 79.9. The number of benzene rings is 1. The molecule has 1 aliphatic heterocycles. The molecule has 1 saturated heterocycles. The summed E-state index contributed by atoms with van der Waals surface area (Å²) in [5.41, 5.74) is 0.773. The van der Waals surface area contributed by atoms with Crippen LogP contribution < -0.4 is 0 Å². The van der Waals surface area contributed by atoms with E-state index in [1.165, 1.54) is 0 Å². The van der Waals surface area contributed by atoms with Gasteiger partial charge in [0, 0.05) is 49.3 Å². The third-order valence-corrected chi connectivity index (χ3v) is 4.14. The number of rotatable bonds is 4. The first-order chi connectivity index (χ1) is 9.56. The number of likely N-dealkylation sites (N-methyl/N-ethyl adjacent to an activating group) is 1. The van der Waals surface area contributed by atoms with E-state index in [2.05, 4.69) is 39.8 Å². The molecule has 0 atom stereocenters. The van der Waals surface area contributed by atoms with Gasteiger partial charge in [0.1, 0.15) is 0 Å². The molecule has 110 valence electrons. The van der Waals surface area contributed by atoms with Gasteiger partial charge in [0.05, 0.1) is 0 Å². The predicted molar refractivity (Wildman–Crippen MR) is 85.0 cm³/mol. The lowest BCUT2D eigenvalue weighted by atomic mass is 10.2. The molecular formula is C15H22BrN3O. The normalized spacial score (nSPS) is 16.7. The first-order valence-corrected chi connectivity index (χ1v) is 7.77. The summed E-state index contributed by atoms with van der Waals surface area (Å²) >= 11 is 3.39. The predicted octanol–water partition coefficient (Wildman–Crippen LogP) is 1.77. The van der Waals surface area contributed by atoms with Crippen molar-refractivity contribution in [1.29, 1.82) is 0 Å². The Hall–Kier alpha value is -0.910. The van der Waals surface area contributed by atoms with Crippen molar-refractivity contribution in [1.82, 2.24) is 14.7 Å². The largest absolute Gasteiger partial charge is 0.336 e. The van der Waals surface area contributed by atoms with Crippen LogP contribution >= 0.6 is 15.9 Å². The summed E-state index contributed by atoms with van der Waals surface area (Å²) in [6.07, 6.45) is 0. The van der Waals surface area contributed by atoms with Crippen LogP contribution in [-0.4, -0.2) is 74.0 Å². The summed E-state index contributed by atoms with van der Waals surface area (Å²) in [4.78, 5) is 18.9. The number of halogens is 1. The molecule has 1 fully saturated rings. The fourth-order valence-corrected chi connectivity index (χ4v) is 2.56. The Morgan fingerprint density at radius 1 is 1.15 bits per heavy atom. The molecule has 1 amide bonds. The fourth-order valence-electron chi connectivity index (χ4n) is 2.29. The van der Waals surface area contributed by atoms with Crippen molar-refractivity contribution in [2.75, 3.05) is 53.4 Å². The minimum absolute atomic E-state index is 0.143. The van der Waals surface area contributed by atoms with E-state index in [-0.39, 0.29) is 5.91 Å². The van der Waals surface area contributed by atoms with Gasteiger partial charge >= 0.3 is 0 Å². The van der Waals surface area contributed by atoms with Crippen LogP contribution in [0.2, 0.25) is 0 Å². The molecule has 0 saturated carbocycles. The third-order valence-electron chi connectivity index (χ3n) is 3.61. The molecule has 0 radical (unpaired) electrons. The van der Waals surface area contributed by atoms with Gasteiger partial charge in [0.15, 0.2) is 0 Å². The van der Waals surface area contributed by atoms with Gasteiger partial charge in [-0.3, -0.25) is 9.69 Å². The first-order valence-electron chi connectivity index (χ1n) is 6.98. The fraction of sp³-hybridized carbons (Fsp3) is 0.533. The van der Waals surface area contributed by atoms with E-state index >= 15 is 0 Å². The van der Waals surface area contributed by atoms with Crippen molar-refractivity contribution in [3.8, 4) is 0 Å². The highest BCUT2D eigenvalue weighted by molar-refractivity contribution is 9.10. The van der Waals surface area contributed by atoms with Crippen molar-refractivity contribution in [3.05, 3.63) is 34.3 Å². The van der Waals surface area contributed by atoms with Crippen LogP contribution in [0.25, 0.3) is 0 Å². The Morgan fingerprint density at radius 3 is 2.30 bits per heavy atom. The van der Waals surface area contributed by atoms with E-state index in [0.717, 1.165) is 49.3 Å². The van der Waals surface area contributed by atoms with Crippen LogP contribution in [0.15, 0.2) is 28.7 Å². The monoisotopic (exact) mass is 339 g/mol. The summed E-state index contributed by atoms with van der Waals surface area (Å²) in [5, 5.41) is 0. The molecule has 5 heteroatoms. The average molecular weight is 340 g/mol. The van der Waals surface area contributed by atoms with E-state index in [0.29, 0.717) is 0 Å². The molecule has 1 aromatic rings. The summed E-state index contributed by atoms with van der Waals surface area (Å²) in [7, 11) is 4.18. The summed E-state index contributed by atoms with van der Waals surface area (Å²) in [5.74, 6) is 0.143. The van der Waals surface area contributed by atoms with E-state index in [4.69, 9.17) is 0 Å². The maximum absolute atomic E-state index is 12.4. The number of hydrogen-bond acceptors (Lipinski definition) is 3. The number of amides is 1. The number of piperazine rings is 1. The maximum atomic E-state index is 12.4. The quantitative estimate of drug-likeness (QED) is 0.836. The van der Waals surface area contributed by atoms with E-state index in [1.54, 1.807) is 0 Å². The van der Waals surface area contributed by atoms with Crippen molar-refractivity contribution in [2.24, 2.45) is 0 Å². The van der Waals surface area contributed by atoms with E-state index in [1.807, 2.05) is 29.2 Å². The van der Waals surface area contributed by atoms with Gasteiger partial charge in [-0.05, 0) is 38.4 Å². The minimum atomic E-state index is 0.143. The zero-order valence-corrected chi connectivity index (χ0v) is 13.8. The highest BCUT2D eigenvalue weighted by Crippen LogP contribution is 2.13. The molecule has 0 spiro atoms. The molecule has 0 N–H and O–H groups in total. The molecule has 0 unspecified atom stereocenters. The Balaban J connectivity index is 1.84. The second-order valence-electron chi connectivity index (χ2n) is 5.44. The zero-order chi connectivity index (χ0) is 14.5. The zero-order valence-electron chi connectivity index (χ0n) is 12.2. The Bertz CT molecular complexity index is 439. The number of carbonyl (C=O) groups is 1. The van der Waals surface area contributed by atoms with E-state index < -0.39 is 0 Å². The van der Waals surface area contributed by atoms with Crippen LogP contribution in [0.1, 0.15) is 10.4 Å². The second kappa shape index (κ2) is 7.20. The molecule has 2 rings (SSSR count). The van der Waals surface area contributed by atoms with Gasteiger partial charge in [-0.2, -0.15) is 0 Å².